The molecule has 1 heterocycles. The first-order valence-corrected chi connectivity index (χ1v) is 5.05. The van der Waals surface area contributed by atoms with E-state index in [2.05, 4.69) is 23.8 Å². The van der Waals surface area contributed by atoms with E-state index < -0.39 is 0 Å². The van der Waals surface area contributed by atoms with Crippen LogP contribution in [-0.2, 0) is 6.42 Å². The molecule has 4 heteroatoms. The Kier molecular flexibility index (Phi) is 2.03. The third-order valence-electron chi connectivity index (χ3n) is 2.75. The Labute approximate surface area is 88.9 Å². The average Bonchev–Trinajstić information content (AvgIpc) is 1.97. The highest BCUT2D eigenvalue weighted by Gasteiger charge is 2.33. The van der Waals surface area contributed by atoms with Gasteiger partial charge in [-0.05, 0) is 18.8 Å². The first kappa shape index (κ1) is 10.1. The Morgan fingerprint density at radius 2 is 1.93 bits per heavy atom. The van der Waals surface area contributed by atoms with Gasteiger partial charge >= 0.3 is 0 Å². The molecule has 80 valence electrons. The number of Topliss-reactive ketones (excluding diaryl/α,β-unsaturated/α-hetero) is 1. The van der Waals surface area contributed by atoms with Crippen molar-refractivity contribution < 1.29 is 4.79 Å². The zero-order chi connectivity index (χ0) is 11.2. The van der Waals surface area contributed by atoms with Gasteiger partial charge in [0.25, 0.3) is 0 Å². The van der Waals surface area contributed by atoms with Crippen LogP contribution in [0.25, 0.3) is 0 Å². The van der Waals surface area contributed by atoms with Crippen molar-refractivity contribution in [2.45, 2.75) is 33.6 Å². The smallest absolute Gasteiger partial charge is 0.220 e. The summed E-state index contributed by atoms with van der Waals surface area (Å²) in [4.78, 5) is 20.1. The summed E-state index contributed by atoms with van der Waals surface area (Å²) in [5.74, 6) is 0.399. The van der Waals surface area contributed by atoms with Crippen LogP contribution in [0.4, 0.5) is 5.95 Å². The number of aromatic nitrogens is 2. The SMILES string of the molecule is Cc1nc(N)nc2c1C(=O)CC(C)(C)C2. The Hall–Kier alpha value is -1.45. The number of hydrogen-bond acceptors (Lipinski definition) is 4. The van der Waals surface area contributed by atoms with E-state index in [1.165, 1.54) is 0 Å². The van der Waals surface area contributed by atoms with E-state index in [-0.39, 0.29) is 17.1 Å². The lowest BCUT2D eigenvalue weighted by molar-refractivity contribution is 0.0909. The molecule has 0 saturated carbocycles. The number of nitrogens with two attached hydrogens (primary N) is 1. The second kappa shape index (κ2) is 3.02. The number of hydrogen-bond donors (Lipinski definition) is 1. The first-order chi connectivity index (χ1) is 6.89. The maximum atomic E-state index is 11.9. The van der Waals surface area contributed by atoms with Crippen LogP contribution < -0.4 is 5.73 Å². The summed E-state index contributed by atoms with van der Waals surface area (Å²) in [6, 6.07) is 0. The highest BCUT2D eigenvalue weighted by Crippen LogP contribution is 2.34. The largest absolute Gasteiger partial charge is 0.368 e. The molecule has 0 radical (unpaired) electrons. The molecule has 1 aromatic rings. The molecule has 15 heavy (non-hydrogen) atoms. The second-order valence-corrected chi connectivity index (χ2v) is 4.93. The predicted octanol–water partition coefficient (Wildman–Crippen LogP) is 1.52. The number of fused-ring (bicyclic) bond motifs is 1. The molecule has 0 aromatic carbocycles. The van der Waals surface area contributed by atoms with Crippen LogP contribution in [0.2, 0.25) is 0 Å². The zero-order valence-electron chi connectivity index (χ0n) is 9.29. The number of ketones is 1. The number of nitrogen functional groups attached to an aromatic ring is 1. The first-order valence-electron chi connectivity index (χ1n) is 5.05. The molecule has 1 aromatic heterocycles. The Morgan fingerprint density at radius 1 is 1.27 bits per heavy atom. The lowest BCUT2D eigenvalue weighted by Gasteiger charge is -2.29. The van der Waals surface area contributed by atoms with Crippen LogP contribution in [0, 0.1) is 12.3 Å². The molecule has 0 saturated heterocycles. The third kappa shape index (κ3) is 1.71. The third-order valence-corrected chi connectivity index (χ3v) is 2.75. The Bertz CT molecular complexity index is 438. The number of rotatable bonds is 0. The van der Waals surface area contributed by atoms with Crippen LogP contribution in [0.15, 0.2) is 0 Å². The standard InChI is InChI=1S/C11H15N3O/c1-6-9-7(14-10(12)13-6)4-11(2,3)5-8(9)15/h4-5H2,1-3H3,(H2,12,13,14). The van der Waals surface area contributed by atoms with Gasteiger partial charge in [-0.2, -0.15) is 0 Å². The molecule has 1 aliphatic carbocycles. The van der Waals surface area contributed by atoms with Crippen LogP contribution in [0.3, 0.4) is 0 Å². The van der Waals surface area contributed by atoms with Crippen molar-refractivity contribution in [2.24, 2.45) is 5.41 Å². The van der Waals surface area contributed by atoms with Gasteiger partial charge in [0.2, 0.25) is 5.95 Å². The van der Waals surface area contributed by atoms with E-state index in [1.54, 1.807) is 0 Å². The molecule has 4 nitrogen and oxygen atoms in total. The summed E-state index contributed by atoms with van der Waals surface area (Å²) in [7, 11) is 0. The lowest BCUT2D eigenvalue weighted by atomic mass is 9.75. The molecule has 0 aliphatic heterocycles. The minimum atomic E-state index is -0.0166. The highest BCUT2D eigenvalue weighted by molar-refractivity contribution is 5.99. The molecule has 0 amide bonds. The van der Waals surface area contributed by atoms with E-state index in [9.17, 15) is 4.79 Å². The summed E-state index contributed by atoms with van der Waals surface area (Å²) in [5.41, 5.74) is 7.76. The van der Waals surface area contributed by atoms with E-state index >= 15 is 0 Å². The van der Waals surface area contributed by atoms with E-state index in [0.29, 0.717) is 17.7 Å². The van der Waals surface area contributed by atoms with Gasteiger partial charge in [-0.3, -0.25) is 4.79 Å². The van der Waals surface area contributed by atoms with Crippen molar-refractivity contribution in [1.82, 2.24) is 9.97 Å². The van der Waals surface area contributed by atoms with Crippen LogP contribution in [0.5, 0.6) is 0 Å². The monoisotopic (exact) mass is 205 g/mol. The van der Waals surface area contributed by atoms with Crippen LogP contribution in [-0.4, -0.2) is 15.8 Å². The van der Waals surface area contributed by atoms with Gasteiger partial charge in [0.1, 0.15) is 0 Å². The van der Waals surface area contributed by atoms with Gasteiger partial charge < -0.3 is 5.73 Å². The second-order valence-electron chi connectivity index (χ2n) is 4.93. The summed E-state index contributed by atoms with van der Waals surface area (Å²) < 4.78 is 0. The van der Waals surface area contributed by atoms with Gasteiger partial charge in [0.15, 0.2) is 5.78 Å². The number of nitrogens with zero attached hydrogens (tertiary/aromatic N) is 2. The highest BCUT2D eigenvalue weighted by atomic mass is 16.1. The molecule has 0 unspecified atom stereocenters. The fourth-order valence-corrected chi connectivity index (χ4v) is 2.19. The zero-order valence-corrected chi connectivity index (χ0v) is 9.29. The summed E-state index contributed by atoms with van der Waals surface area (Å²) in [6.07, 6.45) is 1.36. The van der Waals surface area contributed by atoms with Crippen LogP contribution >= 0.6 is 0 Å². The Balaban J connectivity index is 2.60. The van der Waals surface area contributed by atoms with Crippen molar-refractivity contribution in [3.8, 4) is 0 Å². The molecule has 2 rings (SSSR count). The maximum absolute atomic E-state index is 11.9. The maximum Gasteiger partial charge on any atom is 0.220 e. The van der Waals surface area contributed by atoms with E-state index in [1.807, 2.05) is 6.92 Å². The molecular weight excluding hydrogens is 190 g/mol. The van der Waals surface area contributed by atoms with Crippen molar-refractivity contribution in [3.05, 3.63) is 17.0 Å². The minimum Gasteiger partial charge on any atom is -0.368 e. The van der Waals surface area contributed by atoms with Crippen LogP contribution in [0.1, 0.15) is 42.0 Å². The van der Waals surface area contributed by atoms with Crippen molar-refractivity contribution in [2.75, 3.05) is 5.73 Å². The molecule has 0 atom stereocenters. The molecule has 0 bridgehead atoms. The van der Waals surface area contributed by atoms with Crippen molar-refractivity contribution in [1.29, 1.82) is 0 Å². The number of aryl methyl sites for hydroxylation is 1. The number of carbonyl (C=O) groups excluding carboxylic acids is 1. The number of anilines is 1. The molecule has 0 spiro atoms. The van der Waals surface area contributed by atoms with E-state index in [0.717, 1.165) is 12.1 Å². The predicted molar refractivity (Wildman–Crippen MR) is 57.6 cm³/mol. The summed E-state index contributed by atoms with van der Waals surface area (Å²) in [5, 5.41) is 0. The van der Waals surface area contributed by atoms with Crippen molar-refractivity contribution in [3.63, 3.8) is 0 Å². The quantitative estimate of drug-likeness (QED) is 0.697. The fourth-order valence-electron chi connectivity index (χ4n) is 2.19. The van der Waals surface area contributed by atoms with Gasteiger partial charge in [0, 0.05) is 6.42 Å². The fraction of sp³-hybridized carbons (Fsp3) is 0.545. The van der Waals surface area contributed by atoms with Gasteiger partial charge in [-0.25, -0.2) is 9.97 Å². The average molecular weight is 205 g/mol. The molecule has 0 fully saturated rings. The van der Waals surface area contributed by atoms with Gasteiger partial charge in [-0.1, -0.05) is 13.8 Å². The molecule has 2 N–H and O–H groups in total. The topological polar surface area (TPSA) is 68.9 Å². The van der Waals surface area contributed by atoms with Gasteiger partial charge in [-0.15, -0.1) is 0 Å². The molecule has 1 aliphatic rings. The minimum absolute atomic E-state index is 0.0166. The summed E-state index contributed by atoms with van der Waals surface area (Å²) in [6.45, 7) is 5.95. The lowest BCUT2D eigenvalue weighted by Crippen LogP contribution is -2.29. The molecular formula is C11H15N3O. The number of carbonyl (C=O) groups is 1. The van der Waals surface area contributed by atoms with Crippen molar-refractivity contribution >= 4 is 11.7 Å². The summed E-state index contributed by atoms with van der Waals surface area (Å²) >= 11 is 0. The van der Waals surface area contributed by atoms with E-state index in [4.69, 9.17) is 5.73 Å². The van der Waals surface area contributed by atoms with Gasteiger partial charge in [0.05, 0.1) is 17.0 Å². The normalized spacial score (nSPS) is 18.7. The Morgan fingerprint density at radius 3 is 2.60 bits per heavy atom.